The van der Waals surface area contributed by atoms with E-state index in [4.69, 9.17) is 9.72 Å². The second-order valence-corrected chi connectivity index (χ2v) is 15.9. The number of halogens is 1. The smallest absolute Gasteiger partial charge is 0.269 e. The van der Waals surface area contributed by atoms with Gasteiger partial charge in [-0.15, -0.1) is 0 Å². The van der Waals surface area contributed by atoms with Gasteiger partial charge in [0.1, 0.15) is 23.5 Å². The van der Waals surface area contributed by atoms with Crippen LogP contribution in [0.3, 0.4) is 0 Å². The Morgan fingerprint density at radius 2 is 1.77 bits per heavy atom. The summed E-state index contributed by atoms with van der Waals surface area (Å²) >= 11 is 0. The van der Waals surface area contributed by atoms with Crippen LogP contribution >= 0.6 is 0 Å². The maximum absolute atomic E-state index is 14.4. The number of phenols is 1. The Balaban J connectivity index is 1.07. The van der Waals surface area contributed by atoms with Gasteiger partial charge >= 0.3 is 0 Å². The van der Waals surface area contributed by atoms with Crippen molar-refractivity contribution < 1.29 is 22.7 Å². The highest BCUT2D eigenvalue weighted by atomic mass is 32.2. The molecule has 6 aromatic rings. The van der Waals surface area contributed by atoms with E-state index in [9.17, 15) is 23.2 Å². The van der Waals surface area contributed by atoms with Gasteiger partial charge in [0, 0.05) is 90.4 Å². The zero-order chi connectivity index (χ0) is 36.4. The van der Waals surface area contributed by atoms with Crippen molar-refractivity contribution in [2.24, 2.45) is 5.92 Å². The minimum Gasteiger partial charge on any atom is -0.508 e. The zero-order valence-electron chi connectivity index (χ0n) is 28.8. The number of phenolic OH excluding ortho intramolecular Hbond substituents is 1. The molecular weight excluding hydrogens is 696 g/mol. The van der Waals surface area contributed by atoms with Crippen LogP contribution in [0.2, 0.25) is 0 Å². The average molecular weight is 731 g/mol. The molecule has 8 heterocycles. The van der Waals surface area contributed by atoms with Gasteiger partial charge in [0.15, 0.2) is 5.65 Å². The first-order chi connectivity index (χ1) is 25.7. The second kappa shape index (κ2) is 12.8. The Kier molecular flexibility index (Phi) is 8.03. The third-order valence-corrected chi connectivity index (χ3v) is 12.4. The van der Waals surface area contributed by atoms with E-state index in [0.29, 0.717) is 71.1 Å². The molecule has 0 spiro atoms. The summed E-state index contributed by atoms with van der Waals surface area (Å²) in [5.41, 5.74) is 4.17. The molecule has 14 heteroatoms. The van der Waals surface area contributed by atoms with Crippen LogP contribution in [0.5, 0.6) is 5.75 Å². The number of benzene rings is 2. The summed E-state index contributed by atoms with van der Waals surface area (Å²) in [5.74, 6) is 0.853. The zero-order valence-corrected chi connectivity index (χ0v) is 29.6. The average Bonchev–Trinajstić information content (AvgIpc) is 3.78. The highest BCUT2D eigenvalue weighted by Crippen LogP contribution is 2.40. The molecule has 4 aliphatic heterocycles. The molecule has 4 aromatic heterocycles. The molecule has 0 radical (unpaired) electrons. The van der Waals surface area contributed by atoms with E-state index in [2.05, 4.69) is 26.0 Å². The lowest BCUT2D eigenvalue weighted by atomic mass is 9.86. The van der Waals surface area contributed by atoms with E-state index in [-0.39, 0.29) is 34.2 Å². The van der Waals surface area contributed by atoms with Crippen LogP contribution in [-0.2, 0) is 27.8 Å². The predicted molar refractivity (Wildman–Crippen MR) is 195 cm³/mol. The van der Waals surface area contributed by atoms with E-state index < -0.39 is 10.0 Å². The topological polar surface area (TPSA) is 142 Å². The minimum atomic E-state index is -4.14. The van der Waals surface area contributed by atoms with Crippen LogP contribution in [0.1, 0.15) is 23.1 Å². The van der Waals surface area contributed by atoms with Crippen molar-refractivity contribution >= 4 is 26.9 Å². The minimum absolute atomic E-state index is 0.0946. The number of anilines is 1. The van der Waals surface area contributed by atoms with Crippen molar-refractivity contribution in [3.63, 3.8) is 0 Å². The van der Waals surface area contributed by atoms with E-state index >= 15 is 0 Å². The van der Waals surface area contributed by atoms with Crippen molar-refractivity contribution in [1.29, 1.82) is 5.26 Å². The maximum Gasteiger partial charge on any atom is 0.269 e. The number of aromatic nitrogens is 5. The van der Waals surface area contributed by atoms with Crippen molar-refractivity contribution in [3.05, 3.63) is 108 Å². The van der Waals surface area contributed by atoms with Crippen LogP contribution in [0.25, 0.3) is 33.4 Å². The number of aryl methyl sites for hydroxylation is 1. The lowest BCUT2D eigenvalue weighted by Gasteiger charge is -2.56. The fraction of sp³-hybridized carbons (Fsp3) is 0.282. The molecule has 2 atom stereocenters. The largest absolute Gasteiger partial charge is 0.508 e. The Morgan fingerprint density at radius 3 is 2.47 bits per heavy atom. The molecule has 53 heavy (non-hydrogen) atoms. The summed E-state index contributed by atoms with van der Waals surface area (Å²) in [4.78, 5) is 14.0. The van der Waals surface area contributed by atoms with Crippen molar-refractivity contribution in [1.82, 2.24) is 28.6 Å². The quantitative estimate of drug-likeness (QED) is 0.207. The molecule has 2 unspecified atom stereocenters. The summed E-state index contributed by atoms with van der Waals surface area (Å²) in [6.07, 6.45) is 7.64. The van der Waals surface area contributed by atoms with Gasteiger partial charge in [-0.2, -0.15) is 10.4 Å². The lowest BCUT2D eigenvalue weighted by Crippen LogP contribution is -2.68. The summed E-state index contributed by atoms with van der Waals surface area (Å²) < 4.78 is 51.1. The number of fused-ring (bicyclic) bond motifs is 3. The number of hydrogen-bond donors (Lipinski definition) is 1. The van der Waals surface area contributed by atoms with E-state index in [1.54, 1.807) is 47.4 Å². The third kappa shape index (κ3) is 5.81. The number of nitriles is 1. The number of ether oxygens (including phenoxy) is 1. The van der Waals surface area contributed by atoms with Crippen LogP contribution in [-0.4, -0.2) is 80.5 Å². The van der Waals surface area contributed by atoms with Gasteiger partial charge in [-0.1, -0.05) is 17.7 Å². The summed E-state index contributed by atoms with van der Waals surface area (Å²) in [6, 6.07) is 19.1. The Bertz CT molecular complexity index is 2510. The van der Waals surface area contributed by atoms with Gasteiger partial charge in [0.2, 0.25) is 0 Å². The predicted octanol–water partition coefficient (Wildman–Crippen LogP) is 5.33. The molecule has 268 valence electrons. The molecule has 2 aromatic carbocycles. The SMILES string of the molecule is Cc1ccc(S(=O)(=O)n2c(-c3cnn(CC4COC4)c3)cc3c(-c4ccc(N5CC6CC(C5)N6Cc5cc(F)ccc5O)nc4)c(C#N)cnc32)cc1. The monoisotopic (exact) mass is 730 g/mol. The van der Waals surface area contributed by atoms with Crippen LogP contribution in [0.15, 0.2) is 90.3 Å². The number of piperazine rings is 1. The normalized spacial score (nSPS) is 18.8. The van der Waals surface area contributed by atoms with E-state index in [1.165, 1.54) is 28.4 Å². The first-order valence-corrected chi connectivity index (χ1v) is 18.9. The summed E-state index contributed by atoms with van der Waals surface area (Å²) in [7, 11) is -4.14. The molecule has 4 saturated heterocycles. The second-order valence-electron chi connectivity index (χ2n) is 14.2. The Morgan fingerprint density at radius 1 is 0.981 bits per heavy atom. The highest BCUT2D eigenvalue weighted by Gasteiger charge is 2.45. The Labute approximate surface area is 305 Å². The van der Waals surface area contributed by atoms with Gasteiger partial charge in [0.25, 0.3) is 10.0 Å². The lowest BCUT2D eigenvalue weighted by molar-refractivity contribution is -0.0408. The maximum atomic E-state index is 14.4. The molecule has 10 rings (SSSR count). The van der Waals surface area contributed by atoms with Crippen LogP contribution < -0.4 is 4.90 Å². The van der Waals surface area contributed by atoms with Crippen molar-refractivity contribution in [3.8, 4) is 34.2 Å². The molecule has 0 amide bonds. The fourth-order valence-corrected chi connectivity index (χ4v) is 9.24. The third-order valence-electron chi connectivity index (χ3n) is 10.6. The number of hydrogen-bond acceptors (Lipinski definition) is 10. The van der Waals surface area contributed by atoms with Gasteiger partial charge in [-0.3, -0.25) is 9.58 Å². The van der Waals surface area contributed by atoms with Crippen LogP contribution in [0, 0.1) is 30.0 Å². The molecule has 1 N–H and O–H groups in total. The first kappa shape index (κ1) is 33.2. The number of piperidine rings is 1. The van der Waals surface area contributed by atoms with Gasteiger partial charge in [-0.25, -0.2) is 26.7 Å². The first-order valence-electron chi connectivity index (χ1n) is 17.5. The summed E-state index contributed by atoms with van der Waals surface area (Å²) in [5, 5.41) is 25.6. The van der Waals surface area contributed by atoms with Crippen molar-refractivity contribution in [2.45, 2.75) is 43.4 Å². The molecule has 0 aliphatic carbocycles. The number of rotatable bonds is 9. The summed E-state index contributed by atoms with van der Waals surface area (Å²) in [6.45, 7) is 5.80. The number of pyridine rings is 2. The molecule has 4 aliphatic rings. The molecule has 12 nitrogen and oxygen atoms in total. The molecule has 0 saturated carbocycles. The van der Waals surface area contributed by atoms with Crippen molar-refractivity contribution in [2.75, 3.05) is 31.2 Å². The van der Waals surface area contributed by atoms with E-state index in [0.717, 1.165) is 30.9 Å². The van der Waals surface area contributed by atoms with Gasteiger partial charge in [0.05, 0.1) is 35.6 Å². The van der Waals surface area contributed by atoms with E-state index in [1.807, 2.05) is 25.3 Å². The van der Waals surface area contributed by atoms with Gasteiger partial charge in [-0.05, 0) is 61.9 Å². The highest BCUT2D eigenvalue weighted by molar-refractivity contribution is 7.90. The molecule has 2 bridgehead atoms. The molecule has 4 fully saturated rings. The number of nitrogens with zero attached hydrogens (tertiary/aromatic N) is 8. The molecular formula is C39H35FN8O4S. The van der Waals surface area contributed by atoms with Crippen LogP contribution in [0.4, 0.5) is 10.2 Å². The fourth-order valence-electron chi connectivity index (χ4n) is 7.76. The van der Waals surface area contributed by atoms with Gasteiger partial charge < -0.3 is 14.7 Å². The Hall–Kier alpha value is -5.62. The standard InChI is InChI=1S/C39H35FN8O4S/c1-24-2-6-33(7-3-24)53(50,51)48-35(29-16-44-46(18-29)17-25-22-52-23-25)12-34-38(28(13-41)15-43-39(34)48)26-4-9-37(42-14-26)45-20-31-11-32(21-45)47(31)19-27-10-30(40)5-8-36(27)49/h2-10,12,14-16,18,25,31-32,49H,11,17,19-23H2,1H3. The number of aromatic hydroxyl groups is 1.